The minimum absolute atomic E-state index is 0.0840. The summed E-state index contributed by atoms with van der Waals surface area (Å²) in [4.78, 5) is 16.1. The number of pyridine rings is 1. The lowest BCUT2D eigenvalue weighted by Gasteiger charge is -2.11. The molecule has 0 aliphatic heterocycles. The molecule has 2 rings (SSSR count). The number of anilines is 1. The van der Waals surface area contributed by atoms with Crippen LogP contribution < -0.4 is 5.32 Å². The molecule has 1 heterocycles. The van der Waals surface area contributed by atoms with Crippen molar-refractivity contribution >= 4 is 27.5 Å². The van der Waals surface area contributed by atoms with Crippen molar-refractivity contribution in [3.8, 4) is 0 Å². The quantitative estimate of drug-likeness (QED) is 0.862. The molecule has 1 aromatic heterocycles. The molecule has 0 bridgehead atoms. The molecule has 1 N–H and O–H groups in total. The maximum absolute atomic E-state index is 12.7. The number of nitrogens with one attached hydrogen (secondary N) is 1. The van der Waals surface area contributed by atoms with Gasteiger partial charge in [0.1, 0.15) is 0 Å². The molecule has 0 saturated carbocycles. The normalized spacial score (nSPS) is 11.3. The Kier molecular flexibility index (Phi) is 4.32. The molecule has 0 fully saturated rings. The maximum Gasteiger partial charge on any atom is 0.416 e. The van der Waals surface area contributed by atoms with E-state index in [0.717, 1.165) is 12.1 Å². The van der Waals surface area contributed by atoms with Gasteiger partial charge in [0, 0.05) is 22.1 Å². The van der Waals surface area contributed by atoms with Crippen molar-refractivity contribution in [1.29, 1.82) is 0 Å². The topological polar surface area (TPSA) is 42.0 Å². The van der Waals surface area contributed by atoms with Crippen molar-refractivity contribution in [3.05, 3.63) is 57.8 Å². The highest BCUT2D eigenvalue weighted by atomic mass is 79.9. The lowest BCUT2D eigenvalue weighted by atomic mass is 10.1. The number of benzene rings is 1. The number of halogens is 4. The summed E-state index contributed by atoms with van der Waals surface area (Å²) in [6.45, 7) is 1.75. The summed E-state index contributed by atoms with van der Waals surface area (Å²) in [7, 11) is 0. The van der Waals surface area contributed by atoms with Crippen molar-refractivity contribution < 1.29 is 18.0 Å². The van der Waals surface area contributed by atoms with Gasteiger partial charge in [-0.15, -0.1) is 0 Å². The monoisotopic (exact) mass is 358 g/mol. The van der Waals surface area contributed by atoms with Crippen molar-refractivity contribution in [2.24, 2.45) is 0 Å². The molecule has 0 saturated heterocycles. The number of carbonyl (C=O) groups is 1. The number of hydrogen-bond donors (Lipinski definition) is 1. The van der Waals surface area contributed by atoms with Crippen LogP contribution in [0, 0.1) is 6.92 Å². The van der Waals surface area contributed by atoms with E-state index in [1.807, 2.05) is 0 Å². The van der Waals surface area contributed by atoms with Crippen LogP contribution in [0.4, 0.5) is 18.9 Å². The van der Waals surface area contributed by atoms with Gasteiger partial charge in [0.05, 0.1) is 11.1 Å². The Bertz CT molecular complexity index is 686. The van der Waals surface area contributed by atoms with Crippen molar-refractivity contribution in [1.82, 2.24) is 4.98 Å². The van der Waals surface area contributed by atoms with Crippen LogP contribution in [0.15, 0.2) is 41.0 Å². The Balaban J connectivity index is 2.31. The number of carbonyl (C=O) groups excluding carboxylic acids is 1. The minimum atomic E-state index is -4.50. The van der Waals surface area contributed by atoms with E-state index in [1.165, 1.54) is 12.3 Å². The highest BCUT2D eigenvalue weighted by Crippen LogP contribution is 2.32. The van der Waals surface area contributed by atoms with E-state index in [2.05, 4.69) is 26.2 Å². The smallest absolute Gasteiger partial charge is 0.322 e. The average Bonchev–Trinajstić information content (AvgIpc) is 2.37. The fraction of sp³-hybridized carbons (Fsp3) is 0.143. The highest BCUT2D eigenvalue weighted by molar-refractivity contribution is 9.10. The first-order chi connectivity index (χ1) is 9.77. The molecule has 0 radical (unpaired) electrons. The second-order valence-corrected chi connectivity index (χ2v) is 5.19. The standard InChI is InChI=1S/C14H10BrF3N2O/c1-8-6-10(4-5-19-8)20-13(21)11-7-9(14(16,17)18)2-3-12(11)15/h2-7H,1H3,(H,19,20,21). The molecular formula is C14H10BrF3N2O. The van der Waals surface area contributed by atoms with Gasteiger partial charge in [0.25, 0.3) is 5.91 Å². The van der Waals surface area contributed by atoms with Crippen LogP contribution in [0.5, 0.6) is 0 Å². The molecule has 110 valence electrons. The van der Waals surface area contributed by atoms with Gasteiger partial charge in [-0.1, -0.05) is 0 Å². The van der Waals surface area contributed by atoms with E-state index in [4.69, 9.17) is 0 Å². The Hall–Kier alpha value is -1.89. The lowest BCUT2D eigenvalue weighted by molar-refractivity contribution is -0.137. The third-order valence-electron chi connectivity index (χ3n) is 2.69. The summed E-state index contributed by atoms with van der Waals surface area (Å²) in [6, 6.07) is 6.12. The van der Waals surface area contributed by atoms with E-state index >= 15 is 0 Å². The number of aromatic nitrogens is 1. The molecule has 0 aliphatic rings. The number of amides is 1. The van der Waals surface area contributed by atoms with E-state index in [0.29, 0.717) is 15.9 Å². The summed E-state index contributed by atoms with van der Waals surface area (Å²) in [5.74, 6) is -0.626. The van der Waals surface area contributed by atoms with Crippen LogP contribution in [0.2, 0.25) is 0 Å². The first kappa shape index (κ1) is 15.5. The number of aryl methyl sites for hydroxylation is 1. The SMILES string of the molecule is Cc1cc(NC(=O)c2cc(C(F)(F)F)ccc2Br)ccn1. The summed E-state index contributed by atoms with van der Waals surface area (Å²) in [6.07, 6.45) is -2.99. The highest BCUT2D eigenvalue weighted by Gasteiger charge is 2.31. The van der Waals surface area contributed by atoms with Gasteiger partial charge < -0.3 is 5.32 Å². The fourth-order valence-electron chi connectivity index (χ4n) is 1.70. The molecule has 1 amide bonds. The van der Waals surface area contributed by atoms with E-state index < -0.39 is 17.6 Å². The summed E-state index contributed by atoms with van der Waals surface area (Å²) < 4.78 is 38.4. The molecule has 1 aromatic carbocycles. The van der Waals surface area contributed by atoms with Crippen molar-refractivity contribution in [2.75, 3.05) is 5.32 Å². The van der Waals surface area contributed by atoms with Crippen molar-refractivity contribution in [3.63, 3.8) is 0 Å². The summed E-state index contributed by atoms with van der Waals surface area (Å²) >= 11 is 3.09. The van der Waals surface area contributed by atoms with E-state index in [1.54, 1.807) is 19.1 Å². The fourth-order valence-corrected chi connectivity index (χ4v) is 2.12. The second kappa shape index (κ2) is 5.85. The molecular weight excluding hydrogens is 349 g/mol. The van der Waals surface area contributed by atoms with Crippen LogP contribution in [0.25, 0.3) is 0 Å². The molecule has 0 aliphatic carbocycles. The van der Waals surface area contributed by atoms with Gasteiger partial charge in [-0.05, 0) is 53.2 Å². The van der Waals surface area contributed by atoms with Gasteiger partial charge in [0.15, 0.2) is 0 Å². The second-order valence-electron chi connectivity index (χ2n) is 4.33. The van der Waals surface area contributed by atoms with Gasteiger partial charge in [-0.25, -0.2) is 0 Å². The lowest BCUT2D eigenvalue weighted by Crippen LogP contribution is -2.15. The zero-order valence-corrected chi connectivity index (χ0v) is 12.4. The van der Waals surface area contributed by atoms with Gasteiger partial charge >= 0.3 is 6.18 Å². The molecule has 3 nitrogen and oxygen atoms in total. The van der Waals surface area contributed by atoms with E-state index in [9.17, 15) is 18.0 Å². The summed E-state index contributed by atoms with van der Waals surface area (Å²) in [5.41, 5.74) is 0.203. The zero-order chi connectivity index (χ0) is 15.6. The van der Waals surface area contributed by atoms with Crippen molar-refractivity contribution in [2.45, 2.75) is 13.1 Å². The molecule has 7 heteroatoms. The molecule has 0 atom stereocenters. The largest absolute Gasteiger partial charge is 0.416 e. The third kappa shape index (κ3) is 3.81. The number of hydrogen-bond acceptors (Lipinski definition) is 2. The van der Waals surface area contributed by atoms with Crippen LogP contribution in [0.3, 0.4) is 0 Å². The first-order valence-corrected chi connectivity index (χ1v) is 6.67. The Morgan fingerprint density at radius 2 is 1.95 bits per heavy atom. The minimum Gasteiger partial charge on any atom is -0.322 e. The van der Waals surface area contributed by atoms with E-state index in [-0.39, 0.29) is 5.56 Å². The third-order valence-corrected chi connectivity index (χ3v) is 3.38. The zero-order valence-electron chi connectivity index (χ0n) is 10.8. The van der Waals surface area contributed by atoms with Crippen LogP contribution in [-0.2, 0) is 6.18 Å². The molecule has 21 heavy (non-hydrogen) atoms. The van der Waals surface area contributed by atoms with Crippen LogP contribution in [0.1, 0.15) is 21.6 Å². The Labute approximate surface area is 127 Å². The molecule has 2 aromatic rings. The van der Waals surface area contributed by atoms with Gasteiger partial charge in [0.2, 0.25) is 0 Å². The predicted molar refractivity (Wildman–Crippen MR) is 76.1 cm³/mol. The molecule has 0 unspecified atom stereocenters. The Morgan fingerprint density at radius 3 is 2.57 bits per heavy atom. The predicted octanol–water partition coefficient (Wildman–Crippen LogP) is 4.42. The number of nitrogens with zero attached hydrogens (tertiary/aromatic N) is 1. The first-order valence-electron chi connectivity index (χ1n) is 5.88. The van der Waals surface area contributed by atoms with Gasteiger partial charge in [-0.3, -0.25) is 9.78 Å². The maximum atomic E-state index is 12.7. The average molecular weight is 359 g/mol. The number of alkyl halides is 3. The van der Waals surface area contributed by atoms with Gasteiger partial charge in [-0.2, -0.15) is 13.2 Å². The number of rotatable bonds is 2. The van der Waals surface area contributed by atoms with Crippen LogP contribution >= 0.6 is 15.9 Å². The van der Waals surface area contributed by atoms with Crippen LogP contribution in [-0.4, -0.2) is 10.9 Å². The Morgan fingerprint density at radius 1 is 1.24 bits per heavy atom. The summed E-state index contributed by atoms with van der Waals surface area (Å²) in [5, 5.41) is 2.54. The molecule has 0 spiro atoms.